The van der Waals surface area contributed by atoms with Crippen LogP contribution in [0.1, 0.15) is 26.6 Å². The zero-order chi connectivity index (χ0) is 16.8. The second-order valence-electron chi connectivity index (χ2n) is 5.69. The van der Waals surface area contributed by atoms with E-state index in [4.69, 9.17) is 4.74 Å². The van der Waals surface area contributed by atoms with Gasteiger partial charge in [-0.2, -0.15) is 0 Å². The van der Waals surface area contributed by atoms with E-state index in [2.05, 4.69) is 0 Å². The quantitative estimate of drug-likeness (QED) is 0.414. The highest BCUT2D eigenvalue weighted by molar-refractivity contribution is 6.13. The van der Waals surface area contributed by atoms with E-state index < -0.39 is 11.9 Å². The van der Waals surface area contributed by atoms with Crippen LogP contribution in [0.25, 0.3) is 22.0 Å². The molecule has 0 radical (unpaired) electrons. The molecule has 24 heavy (non-hydrogen) atoms. The number of nitrogens with zero attached hydrogens (tertiary/aromatic N) is 1. The van der Waals surface area contributed by atoms with E-state index in [-0.39, 0.29) is 5.91 Å². The monoisotopic (exact) mass is 319 g/mol. The number of aromatic nitrogens is 1. The second kappa shape index (κ2) is 5.16. The Hall–Kier alpha value is -3.21. The topological polar surface area (TPSA) is 65.4 Å². The molecule has 0 aliphatic carbocycles. The number of hydrogen-bond acceptors (Lipinski definition) is 4. The lowest BCUT2D eigenvalue weighted by Gasteiger charge is -2.15. The molecule has 1 atom stereocenters. The molecule has 3 aromatic rings. The van der Waals surface area contributed by atoms with Crippen molar-refractivity contribution >= 4 is 29.1 Å². The first-order valence-electron chi connectivity index (χ1n) is 7.47. The van der Waals surface area contributed by atoms with E-state index in [1.807, 2.05) is 24.3 Å². The zero-order valence-corrected chi connectivity index (χ0v) is 12.9. The number of hydrogen-bond donors (Lipinski definition) is 0. The Morgan fingerprint density at radius 2 is 2.00 bits per heavy atom. The van der Waals surface area contributed by atoms with E-state index in [9.17, 15) is 14.4 Å². The molecular weight excluding hydrogens is 306 g/mol. The maximum absolute atomic E-state index is 13.0. The molecule has 4 rings (SSSR count). The van der Waals surface area contributed by atoms with Gasteiger partial charge in [0.2, 0.25) is 5.91 Å². The summed E-state index contributed by atoms with van der Waals surface area (Å²) >= 11 is 0. The summed E-state index contributed by atoms with van der Waals surface area (Å²) in [4.78, 5) is 36.5. The lowest BCUT2D eigenvalue weighted by Crippen LogP contribution is -2.27. The van der Waals surface area contributed by atoms with Gasteiger partial charge in [-0.1, -0.05) is 30.3 Å². The van der Waals surface area contributed by atoms with Crippen LogP contribution in [0.15, 0.2) is 48.7 Å². The predicted molar refractivity (Wildman–Crippen MR) is 88.1 cm³/mol. The molecule has 1 aliphatic rings. The fourth-order valence-electron chi connectivity index (χ4n) is 3.35. The first-order valence-corrected chi connectivity index (χ1v) is 7.47. The molecule has 2 aromatic carbocycles. The lowest BCUT2D eigenvalue weighted by molar-refractivity contribution is -0.141. The van der Waals surface area contributed by atoms with Crippen molar-refractivity contribution in [2.75, 3.05) is 7.11 Å². The van der Waals surface area contributed by atoms with Crippen LogP contribution in [0.2, 0.25) is 0 Å². The Kier molecular flexibility index (Phi) is 3.09. The van der Waals surface area contributed by atoms with Crippen LogP contribution in [0.4, 0.5) is 0 Å². The molecule has 0 fully saturated rings. The van der Waals surface area contributed by atoms with Gasteiger partial charge in [-0.25, -0.2) is 0 Å². The van der Waals surface area contributed by atoms with Crippen molar-refractivity contribution in [3.05, 3.63) is 59.8 Å². The van der Waals surface area contributed by atoms with Gasteiger partial charge in [0.15, 0.2) is 5.92 Å². The molecule has 0 bridgehead atoms. The first kappa shape index (κ1) is 14.4. The van der Waals surface area contributed by atoms with Crippen molar-refractivity contribution in [2.45, 2.75) is 5.92 Å². The summed E-state index contributed by atoms with van der Waals surface area (Å²) in [5.41, 5.74) is 3.27. The fraction of sp³-hybridized carbons (Fsp3) is 0.105. The minimum Gasteiger partial charge on any atom is -0.468 e. The standard InChI is InChI=1S/C19H13NO4/c1-24-19(23)16-15-9-11(10-21)5-6-13(15)14-4-2-3-12-7-8-20(17(12)14)18(16)22/h2-10,16H,1H3/t16-/m1/s1. The SMILES string of the molecule is COC(=O)[C@H]1C(=O)n2ccc3cccc(c32)-c2ccc(C=O)cc21. The number of benzene rings is 2. The Bertz CT molecular complexity index is 1020. The molecule has 0 saturated heterocycles. The summed E-state index contributed by atoms with van der Waals surface area (Å²) in [6.07, 6.45) is 2.36. The van der Waals surface area contributed by atoms with Crippen LogP contribution in [0.5, 0.6) is 0 Å². The maximum atomic E-state index is 13.0. The molecule has 1 aromatic heterocycles. The fourth-order valence-corrected chi connectivity index (χ4v) is 3.35. The third-order valence-electron chi connectivity index (χ3n) is 4.45. The van der Waals surface area contributed by atoms with Gasteiger partial charge in [0, 0.05) is 22.7 Å². The summed E-state index contributed by atoms with van der Waals surface area (Å²) in [5.74, 6) is -2.13. The lowest BCUT2D eigenvalue weighted by atomic mass is 9.89. The number of carbonyl (C=O) groups is 3. The van der Waals surface area contributed by atoms with Crippen LogP contribution in [-0.2, 0) is 9.53 Å². The van der Waals surface area contributed by atoms with Crippen molar-refractivity contribution in [2.24, 2.45) is 0 Å². The Labute approximate surface area is 137 Å². The molecule has 0 unspecified atom stereocenters. The largest absolute Gasteiger partial charge is 0.468 e. The van der Waals surface area contributed by atoms with Crippen molar-refractivity contribution < 1.29 is 19.1 Å². The van der Waals surface area contributed by atoms with Gasteiger partial charge >= 0.3 is 5.97 Å². The third-order valence-corrected chi connectivity index (χ3v) is 4.45. The van der Waals surface area contributed by atoms with Gasteiger partial charge in [0.25, 0.3) is 0 Å². The summed E-state index contributed by atoms with van der Waals surface area (Å²) in [5, 5.41) is 0.914. The molecule has 1 aliphatic heterocycles. The maximum Gasteiger partial charge on any atom is 0.322 e. The highest BCUT2D eigenvalue weighted by Crippen LogP contribution is 2.39. The van der Waals surface area contributed by atoms with E-state index in [1.54, 1.807) is 24.4 Å². The molecule has 5 heteroatoms. The summed E-state index contributed by atoms with van der Waals surface area (Å²) in [7, 11) is 1.25. The Morgan fingerprint density at radius 1 is 1.17 bits per heavy atom. The minimum absolute atomic E-state index is 0.383. The van der Waals surface area contributed by atoms with Gasteiger partial charge in [0.1, 0.15) is 6.29 Å². The number of esters is 1. The molecule has 5 nitrogen and oxygen atoms in total. The summed E-state index contributed by atoms with van der Waals surface area (Å²) in [6, 6.07) is 12.6. The molecule has 0 N–H and O–H groups in total. The highest BCUT2D eigenvalue weighted by Gasteiger charge is 2.36. The van der Waals surface area contributed by atoms with Crippen LogP contribution >= 0.6 is 0 Å². The molecule has 0 saturated carbocycles. The average Bonchev–Trinajstić information content (AvgIpc) is 3.01. The molecule has 2 heterocycles. The Balaban J connectivity index is 2.14. The number of rotatable bonds is 2. The average molecular weight is 319 g/mol. The Morgan fingerprint density at radius 3 is 2.75 bits per heavy atom. The van der Waals surface area contributed by atoms with Crippen LogP contribution in [-0.4, -0.2) is 29.8 Å². The number of para-hydroxylation sites is 1. The van der Waals surface area contributed by atoms with Gasteiger partial charge < -0.3 is 4.74 Å². The highest BCUT2D eigenvalue weighted by atomic mass is 16.5. The number of carbonyl (C=O) groups excluding carboxylic acids is 3. The van der Waals surface area contributed by atoms with Gasteiger partial charge in [-0.15, -0.1) is 0 Å². The number of methoxy groups -OCH3 is 1. The molecule has 118 valence electrons. The van der Waals surface area contributed by atoms with Crippen molar-refractivity contribution in [3.8, 4) is 11.1 Å². The molecule has 0 spiro atoms. The predicted octanol–water partition coefficient (Wildman–Crippen LogP) is 3.03. The number of ether oxygens (including phenoxy) is 1. The first-order chi connectivity index (χ1) is 11.7. The van der Waals surface area contributed by atoms with Crippen LogP contribution < -0.4 is 0 Å². The van der Waals surface area contributed by atoms with Gasteiger partial charge in [-0.05, 0) is 23.3 Å². The van der Waals surface area contributed by atoms with Crippen molar-refractivity contribution in [1.29, 1.82) is 0 Å². The van der Waals surface area contributed by atoms with E-state index in [0.717, 1.165) is 22.0 Å². The van der Waals surface area contributed by atoms with E-state index in [1.165, 1.54) is 11.7 Å². The molecular formula is C19H13NO4. The van der Waals surface area contributed by atoms with Gasteiger partial charge in [0.05, 0.1) is 12.6 Å². The summed E-state index contributed by atoms with van der Waals surface area (Å²) < 4.78 is 6.35. The van der Waals surface area contributed by atoms with Crippen molar-refractivity contribution in [1.82, 2.24) is 4.57 Å². The third kappa shape index (κ3) is 1.84. The van der Waals surface area contributed by atoms with Crippen LogP contribution in [0, 0.1) is 0 Å². The molecule has 0 amide bonds. The van der Waals surface area contributed by atoms with Crippen molar-refractivity contribution in [3.63, 3.8) is 0 Å². The second-order valence-corrected chi connectivity index (χ2v) is 5.69. The van der Waals surface area contributed by atoms with Crippen LogP contribution in [0.3, 0.4) is 0 Å². The smallest absolute Gasteiger partial charge is 0.322 e. The number of aldehydes is 1. The van der Waals surface area contributed by atoms with E-state index in [0.29, 0.717) is 17.4 Å². The number of fused-ring (bicyclic) bond motifs is 2. The minimum atomic E-state index is -1.10. The van der Waals surface area contributed by atoms with E-state index >= 15 is 0 Å². The summed E-state index contributed by atoms with van der Waals surface area (Å²) in [6.45, 7) is 0. The zero-order valence-electron chi connectivity index (χ0n) is 12.9. The van der Waals surface area contributed by atoms with Gasteiger partial charge in [-0.3, -0.25) is 19.0 Å². The normalized spacial score (nSPS) is 15.7.